The first-order valence-electron chi connectivity index (χ1n) is 8.43. The molecule has 0 bridgehead atoms. The van der Waals surface area contributed by atoms with Crippen LogP contribution in [0.1, 0.15) is 25.3 Å². The number of benzene rings is 1. The van der Waals surface area contributed by atoms with Crippen LogP contribution in [-0.2, 0) is 20.9 Å². The van der Waals surface area contributed by atoms with Crippen LogP contribution in [0.5, 0.6) is 0 Å². The zero-order valence-electron chi connectivity index (χ0n) is 13.8. The molecule has 2 fully saturated rings. The highest BCUT2D eigenvalue weighted by Gasteiger charge is 2.53. The Hall–Kier alpha value is -2.08. The van der Waals surface area contributed by atoms with E-state index in [1.165, 1.54) is 4.90 Å². The maximum absolute atomic E-state index is 12.5. The average molecular weight is 333 g/mol. The highest BCUT2D eigenvalue weighted by Crippen LogP contribution is 2.43. The van der Waals surface area contributed by atoms with Gasteiger partial charge in [-0.25, -0.2) is 9.59 Å². The summed E-state index contributed by atoms with van der Waals surface area (Å²) < 4.78 is 10.5. The van der Waals surface area contributed by atoms with Crippen molar-refractivity contribution in [1.29, 1.82) is 0 Å². The lowest BCUT2D eigenvalue weighted by molar-refractivity contribution is -0.149. The van der Waals surface area contributed by atoms with Crippen molar-refractivity contribution < 1.29 is 24.2 Å². The third-order valence-corrected chi connectivity index (χ3v) is 4.96. The lowest BCUT2D eigenvalue weighted by Crippen LogP contribution is -2.44. The molecule has 3 rings (SSSR count). The van der Waals surface area contributed by atoms with Crippen LogP contribution in [0.4, 0.5) is 4.79 Å². The van der Waals surface area contributed by atoms with Crippen LogP contribution in [-0.4, -0.2) is 47.4 Å². The molecule has 1 N–H and O–H groups in total. The van der Waals surface area contributed by atoms with E-state index in [-0.39, 0.29) is 25.0 Å². The highest BCUT2D eigenvalue weighted by atomic mass is 16.6. The minimum atomic E-state index is -0.657. The van der Waals surface area contributed by atoms with E-state index in [4.69, 9.17) is 9.47 Å². The van der Waals surface area contributed by atoms with Crippen molar-refractivity contribution in [2.45, 2.75) is 38.5 Å². The first-order chi connectivity index (χ1) is 11.6. The van der Waals surface area contributed by atoms with E-state index in [0.717, 1.165) is 12.0 Å². The van der Waals surface area contributed by atoms with Crippen molar-refractivity contribution in [2.75, 3.05) is 13.2 Å². The first-order valence-corrected chi connectivity index (χ1v) is 8.43. The van der Waals surface area contributed by atoms with E-state index in [2.05, 4.69) is 0 Å². The average Bonchev–Trinajstić information content (AvgIpc) is 3.14. The predicted molar refractivity (Wildman–Crippen MR) is 86.0 cm³/mol. The standard InChI is InChI=1S/C18H23NO5/c1-2-23-17(21)16-13-8-9-15(20)14(13)10-19(16)18(22)24-11-12-6-4-3-5-7-12/h3-7,13-16,20H,2,8-11H2,1H3/t13-,14?,15+,16?/m0/s1. The monoisotopic (exact) mass is 333 g/mol. The smallest absolute Gasteiger partial charge is 0.410 e. The molecule has 130 valence electrons. The molecule has 1 heterocycles. The number of rotatable bonds is 4. The molecule has 1 aliphatic carbocycles. The summed E-state index contributed by atoms with van der Waals surface area (Å²) in [6.45, 7) is 2.50. The zero-order valence-corrected chi connectivity index (χ0v) is 13.8. The number of carbonyl (C=O) groups is 2. The van der Waals surface area contributed by atoms with Gasteiger partial charge in [-0.2, -0.15) is 0 Å². The summed E-state index contributed by atoms with van der Waals surface area (Å²) in [4.78, 5) is 26.2. The van der Waals surface area contributed by atoms with Gasteiger partial charge in [-0.3, -0.25) is 4.90 Å². The summed E-state index contributed by atoms with van der Waals surface area (Å²) in [7, 11) is 0. The Labute approximate surface area is 141 Å². The normalized spacial score (nSPS) is 28.5. The lowest BCUT2D eigenvalue weighted by atomic mass is 9.93. The van der Waals surface area contributed by atoms with E-state index in [1.54, 1.807) is 6.92 Å². The second-order valence-corrected chi connectivity index (χ2v) is 6.36. The number of hydrogen-bond donors (Lipinski definition) is 1. The molecule has 24 heavy (non-hydrogen) atoms. The first kappa shape index (κ1) is 16.8. The van der Waals surface area contributed by atoms with Gasteiger partial charge in [-0.15, -0.1) is 0 Å². The van der Waals surface area contributed by atoms with Crippen LogP contribution in [0.3, 0.4) is 0 Å². The van der Waals surface area contributed by atoms with Crippen molar-refractivity contribution >= 4 is 12.1 Å². The van der Waals surface area contributed by atoms with Crippen LogP contribution in [0.2, 0.25) is 0 Å². The molecule has 1 amide bonds. The van der Waals surface area contributed by atoms with Crippen LogP contribution in [0, 0.1) is 11.8 Å². The molecule has 0 aromatic heterocycles. The third-order valence-electron chi connectivity index (χ3n) is 4.96. The molecule has 6 nitrogen and oxygen atoms in total. The van der Waals surface area contributed by atoms with Gasteiger partial charge in [0.25, 0.3) is 0 Å². The molecule has 1 saturated carbocycles. The summed E-state index contributed by atoms with van der Waals surface area (Å²) in [5.41, 5.74) is 0.887. The minimum Gasteiger partial charge on any atom is -0.464 e. The Bertz CT molecular complexity index is 590. The van der Waals surface area contributed by atoms with Crippen molar-refractivity contribution in [3.8, 4) is 0 Å². The Balaban J connectivity index is 1.69. The summed E-state index contributed by atoms with van der Waals surface area (Å²) in [6, 6.07) is 8.74. The van der Waals surface area contributed by atoms with Crippen LogP contribution in [0.25, 0.3) is 0 Å². The fourth-order valence-electron chi connectivity index (χ4n) is 3.82. The van der Waals surface area contributed by atoms with E-state index < -0.39 is 24.2 Å². The number of ether oxygens (including phenoxy) is 2. The van der Waals surface area contributed by atoms with Gasteiger partial charge in [0, 0.05) is 12.5 Å². The Morgan fingerprint density at radius 1 is 1.17 bits per heavy atom. The van der Waals surface area contributed by atoms with Crippen molar-refractivity contribution in [3.63, 3.8) is 0 Å². The topological polar surface area (TPSA) is 76.1 Å². The van der Waals surface area contributed by atoms with Crippen LogP contribution >= 0.6 is 0 Å². The number of carbonyl (C=O) groups excluding carboxylic acids is 2. The highest BCUT2D eigenvalue weighted by molar-refractivity contribution is 5.82. The van der Waals surface area contributed by atoms with Gasteiger partial charge >= 0.3 is 12.1 Å². The largest absolute Gasteiger partial charge is 0.464 e. The van der Waals surface area contributed by atoms with Gasteiger partial charge in [-0.05, 0) is 31.2 Å². The number of amides is 1. The number of aliphatic hydroxyl groups excluding tert-OH is 1. The second kappa shape index (κ2) is 7.21. The minimum absolute atomic E-state index is 0.0525. The molecule has 2 aliphatic rings. The fourth-order valence-corrected chi connectivity index (χ4v) is 3.82. The maximum Gasteiger partial charge on any atom is 0.410 e. The summed E-state index contributed by atoms with van der Waals surface area (Å²) >= 11 is 0. The molecule has 2 unspecified atom stereocenters. The van der Waals surface area contributed by atoms with Gasteiger partial charge in [-0.1, -0.05) is 30.3 Å². The molecular weight excluding hydrogens is 310 g/mol. The quantitative estimate of drug-likeness (QED) is 0.853. The number of hydrogen-bond acceptors (Lipinski definition) is 5. The number of likely N-dealkylation sites (tertiary alicyclic amines) is 1. The Kier molecular flexibility index (Phi) is 5.04. The predicted octanol–water partition coefficient (Wildman–Crippen LogP) is 1.96. The van der Waals surface area contributed by atoms with Gasteiger partial charge < -0.3 is 14.6 Å². The van der Waals surface area contributed by atoms with Crippen LogP contribution < -0.4 is 0 Å². The number of aliphatic hydroxyl groups is 1. The molecule has 1 aromatic carbocycles. The van der Waals surface area contributed by atoms with Gasteiger partial charge in [0.1, 0.15) is 12.6 Å². The number of esters is 1. The van der Waals surface area contributed by atoms with E-state index in [9.17, 15) is 14.7 Å². The molecule has 1 aliphatic heterocycles. The molecule has 4 atom stereocenters. The van der Waals surface area contributed by atoms with E-state index in [0.29, 0.717) is 13.0 Å². The zero-order chi connectivity index (χ0) is 17.1. The Morgan fingerprint density at radius 3 is 2.62 bits per heavy atom. The van der Waals surface area contributed by atoms with Crippen molar-refractivity contribution in [3.05, 3.63) is 35.9 Å². The second-order valence-electron chi connectivity index (χ2n) is 6.36. The van der Waals surface area contributed by atoms with Crippen LogP contribution in [0.15, 0.2) is 30.3 Å². The van der Waals surface area contributed by atoms with Crippen molar-refractivity contribution in [1.82, 2.24) is 4.90 Å². The van der Waals surface area contributed by atoms with E-state index in [1.807, 2.05) is 30.3 Å². The van der Waals surface area contributed by atoms with Gasteiger partial charge in [0.2, 0.25) is 0 Å². The molecule has 1 aromatic rings. The SMILES string of the molecule is CCOC(=O)C1[C@H]2CC[C@@H](O)C2CN1C(=O)OCc1ccccc1. The third kappa shape index (κ3) is 3.24. The van der Waals surface area contributed by atoms with Gasteiger partial charge in [0.15, 0.2) is 0 Å². The van der Waals surface area contributed by atoms with E-state index >= 15 is 0 Å². The van der Waals surface area contributed by atoms with Crippen molar-refractivity contribution in [2.24, 2.45) is 11.8 Å². The molecular formula is C18H23NO5. The number of nitrogens with zero attached hydrogens (tertiary/aromatic N) is 1. The Morgan fingerprint density at radius 2 is 1.92 bits per heavy atom. The summed E-state index contributed by atoms with van der Waals surface area (Å²) in [6.07, 6.45) is 0.382. The lowest BCUT2D eigenvalue weighted by Gasteiger charge is -2.25. The maximum atomic E-state index is 12.5. The van der Waals surface area contributed by atoms with Gasteiger partial charge in [0.05, 0.1) is 12.7 Å². The summed E-state index contributed by atoms with van der Waals surface area (Å²) in [5.74, 6) is -0.539. The molecule has 0 spiro atoms. The molecule has 1 saturated heterocycles. The summed E-state index contributed by atoms with van der Waals surface area (Å²) in [5, 5.41) is 10.1. The fraction of sp³-hybridized carbons (Fsp3) is 0.556. The number of fused-ring (bicyclic) bond motifs is 1. The molecule has 6 heteroatoms. The molecule has 0 radical (unpaired) electrons.